The van der Waals surface area contributed by atoms with Crippen LogP contribution in [0.15, 0.2) is 176 Å². The lowest BCUT2D eigenvalue weighted by Crippen LogP contribution is -2.25. The minimum Gasteiger partial charge on any atom is -0.457 e. The van der Waals surface area contributed by atoms with Gasteiger partial charge in [-0.1, -0.05) is 138 Å². The SMILES string of the molecule is [2H]c1c([2H])c([2H])c(-c2cnc(-n3c4cc(Oc5cccc(N6CN(c7cc(C(C)(C)C)cc(C(C)(C)C)c7)c7ccccc76)c5)ccc4c4c(-c5ccccc5)cccc43)cc2C([2H])([2H])[2H])c([2H])c1[2H]. The summed E-state index contributed by atoms with van der Waals surface area (Å²) in [6.45, 7) is 11.4. The third-order valence-corrected chi connectivity index (χ3v) is 11.8. The van der Waals surface area contributed by atoms with Gasteiger partial charge in [0.2, 0.25) is 0 Å². The molecule has 1 aliphatic rings. The molecule has 62 heavy (non-hydrogen) atoms. The fraction of sp³-hybridized carbons (Fsp3) is 0.175. The monoisotopic (exact) mass is 816 g/mol. The summed E-state index contributed by atoms with van der Waals surface area (Å²) >= 11 is 0. The van der Waals surface area contributed by atoms with Gasteiger partial charge < -0.3 is 14.5 Å². The first-order valence-corrected chi connectivity index (χ1v) is 21.0. The lowest BCUT2D eigenvalue weighted by atomic mass is 9.80. The zero-order chi connectivity index (χ0) is 49.6. The van der Waals surface area contributed by atoms with Gasteiger partial charge in [0.15, 0.2) is 0 Å². The van der Waals surface area contributed by atoms with E-state index in [1.165, 1.54) is 23.4 Å². The first-order chi connectivity index (χ1) is 33.2. The number of nitrogens with zero attached hydrogens (tertiary/aromatic N) is 4. The number of aryl methyl sites for hydroxylation is 1. The smallest absolute Gasteiger partial charge is 0.137 e. The normalized spacial score (nSPS) is 15.0. The summed E-state index contributed by atoms with van der Waals surface area (Å²) in [5.74, 6) is 1.43. The molecule has 0 amide bonds. The fourth-order valence-electron chi connectivity index (χ4n) is 8.51. The van der Waals surface area contributed by atoms with Gasteiger partial charge in [0.25, 0.3) is 0 Å². The third kappa shape index (κ3) is 7.07. The molecule has 0 radical (unpaired) electrons. The number of hydrogen-bond donors (Lipinski definition) is 0. The summed E-state index contributed by atoms with van der Waals surface area (Å²) in [4.78, 5) is 9.50. The van der Waals surface area contributed by atoms with Crippen LogP contribution in [0.5, 0.6) is 11.5 Å². The van der Waals surface area contributed by atoms with Crippen LogP contribution in [0, 0.1) is 6.85 Å². The van der Waals surface area contributed by atoms with E-state index in [2.05, 4.69) is 106 Å². The van der Waals surface area contributed by atoms with E-state index < -0.39 is 37.1 Å². The standard InChI is InChI=1S/C57H52N4O/c1-38-30-54(58-36-49(38)40-20-12-9-13-21-40)61-52-27-17-24-47(39-18-10-8-11-19-39)55(52)48-29-28-46(35-53(48)61)62-45-23-16-22-43(34-45)59-37-60(51-26-15-14-25-50(51)59)44-32-41(56(2,3)4)31-42(33-44)57(5,6)7/h8-36H,37H2,1-7H3/i1D3,9D,12D,13D,20D,21D. The van der Waals surface area contributed by atoms with Crippen molar-refractivity contribution in [3.05, 3.63) is 193 Å². The summed E-state index contributed by atoms with van der Waals surface area (Å²) in [6.07, 6.45) is 1.30. The number of fused-ring (bicyclic) bond motifs is 4. The van der Waals surface area contributed by atoms with Crippen LogP contribution < -0.4 is 14.5 Å². The van der Waals surface area contributed by atoms with Crippen molar-refractivity contribution < 1.29 is 15.7 Å². The predicted molar refractivity (Wildman–Crippen MR) is 260 cm³/mol. The Balaban J connectivity index is 1.08. The minimum atomic E-state index is -2.75. The lowest BCUT2D eigenvalue weighted by Gasteiger charge is -2.29. The first-order valence-electron chi connectivity index (χ1n) is 25.0. The minimum absolute atomic E-state index is 0.0402. The second-order valence-electron chi connectivity index (χ2n) is 18.0. The molecule has 7 aromatic carbocycles. The molecule has 0 N–H and O–H groups in total. The van der Waals surface area contributed by atoms with Crippen molar-refractivity contribution in [1.29, 1.82) is 0 Å². The molecule has 10 rings (SSSR count). The van der Waals surface area contributed by atoms with Crippen LogP contribution in [0.2, 0.25) is 0 Å². The van der Waals surface area contributed by atoms with Crippen LogP contribution >= 0.6 is 0 Å². The molecule has 0 atom stereocenters. The van der Waals surface area contributed by atoms with Gasteiger partial charge >= 0.3 is 0 Å². The van der Waals surface area contributed by atoms with Crippen molar-refractivity contribution in [3.8, 4) is 39.6 Å². The predicted octanol–water partition coefficient (Wildman–Crippen LogP) is 15.5. The van der Waals surface area contributed by atoms with Crippen molar-refractivity contribution in [2.45, 2.75) is 59.2 Å². The zero-order valence-electron chi connectivity index (χ0n) is 43.8. The van der Waals surface area contributed by atoms with Gasteiger partial charge in [-0.05, 0) is 112 Å². The van der Waals surface area contributed by atoms with Crippen molar-refractivity contribution in [2.24, 2.45) is 0 Å². The number of rotatable bonds is 7. The molecule has 0 unspecified atom stereocenters. The van der Waals surface area contributed by atoms with E-state index >= 15 is 0 Å². The summed E-state index contributed by atoms with van der Waals surface area (Å²) in [5.41, 5.74) is 9.72. The number of aromatic nitrogens is 2. The molecule has 2 aromatic heterocycles. The molecule has 0 bridgehead atoms. The topological polar surface area (TPSA) is 33.5 Å². The molecule has 0 aliphatic carbocycles. The second kappa shape index (κ2) is 15.1. The zero-order valence-corrected chi connectivity index (χ0v) is 35.8. The maximum absolute atomic E-state index is 8.69. The average Bonchev–Trinajstić information content (AvgIpc) is 3.88. The Bertz CT molecular complexity index is 3470. The van der Waals surface area contributed by atoms with E-state index in [0.717, 1.165) is 50.2 Å². The highest BCUT2D eigenvalue weighted by molar-refractivity contribution is 6.16. The lowest BCUT2D eigenvalue weighted by molar-refractivity contribution is 0.483. The van der Waals surface area contributed by atoms with Gasteiger partial charge in [-0.25, -0.2) is 4.98 Å². The Morgan fingerprint density at radius 3 is 1.97 bits per heavy atom. The molecular weight excluding hydrogens is 757 g/mol. The molecule has 3 heterocycles. The van der Waals surface area contributed by atoms with Gasteiger partial charge in [0, 0.05) is 50.2 Å². The van der Waals surface area contributed by atoms with Crippen molar-refractivity contribution >= 4 is 44.6 Å². The van der Waals surface area contributed by atoms with Crippen LogP contribution in [0.4, 0.5) is 22.7 Å². The maximum Gasteiger partial charge on any atom is 0.137 e. The Morgan fingerprint density at radius 1 is 0.581 bits per heavy atom. The summed E-state index contributed by atoms with van der Waals surface area (Å²) < 4.78 is 76.8. The van der Waals surface area contributed by atoms with E-state index in [0.29, 0.717) is 23.7 Å². The average molecular weight is 817 g/mol. The summed E-state index contributed by atoms with van der Waals surface area (Å²) in [5, 5.41) is 1.80. The Hall–Kier alpha value is -7.11. The first kappa shape index (κ1) is 30.8. The highest BCUT2D eigenvalue weighted by Crippen LogP contribution is 2.47. The molecule has 9 aromatic rings. The molecular formula is C57H52N4O. The van der Waals surface area contributed by atoms with Crippen LogP contribution in [0.3, 0.4) is 0 Å². The van der Waals surface area contributed by atoms with E-state index in [4.69, 9.17) is 20.7 Å². The number of ether oxygens (including phenoxy) is 1. The van der Waals surface area contributed by atoms with E-state index in [9.17, 15) is 0 Å². The largest absolute Gasteiger partial charge is 0.457 e. The van der Waals surface area contributed by atoms with Crippen molar-refractivity contribution in [2.75, 3.05) is 16.5 Å². The fourth-order valence-corrected chi connectivity index (χ4v) is 8.51. The second-order valence-corrected chi connectivity index (χ2v) is 18.0. The highest BCUT2D eigenvalue weighted by atomic mass is 16.5. The van der Waals surface area contributed by atoms with Gasteiger partial charge in [0.1, 0.15) is 24.0 Å². The number of anilines is 4. The molecule has 306 valence electrons. The van der Waals surface area contributed by atoms with Gasteiger partial charge in [-0.2, -0.15) is 0 Å². The molecule has 0 spiro atoms. The van der Waals surface area contributed by atoms with Gasteiger partial charge in [0.05, 0.1) is 29.3 Å². The van der Waals surface area contributed by atoms with Crippen molar-refractivity contribution in [1.82, 2.24) is 9.55 Å². The van der Waals surface area contributed by atoms with Crippen LogP contribution in [0.1, 0.15) is 69.2 Å². The van der Waals surface area contributed by atoms with E-state index in [1.807, 2.05) is 83.4 Å². The Morgan fingerprint density at radius 2 is 1.26 bits per heavy atom. The molecule has 5 heteroatoms. The number of para-hydroxylation sites is 2. The molecule has 1 aliphatic heterocycles. The van der Waals surface area contributed by atoms with E-state index in [1.54, 1.807) is 0 Å². The Kier molecular flexibility index (Phi) is 7.52. The quantitative estimate of drug-likeness (QED) is 0.160. The van der Waals surface area contributed by atoms with Crippen LogP contribution in [-0.2, 0) is 10.8 Å². The molecule has 5 nitrogen and oxygen atoms in total. The number of benzene rings is 7. The van der Waals surface area contributed by atoms with Crippen LogP contribution in [-0.4, -0.2) is 16.2 Å². The Labute approximate surface area is 376 Å². The van der Waals surface area contributed by atoms with Gasteiger partial charge in [-0.3, -0.25) is 4.57 Å². The third-order valence-electron chi connectivity index (χ3n) is 11.8. The number of pyridine rings is 1. The van der Waals surface area contributed by atoms with Crippen molar-refractivity contribution in [3.63, 3.8) is 0 Å². The molecule has 0 fully saturated rings. The van der Waals surface area contributed by atoms with Crippen LogP contribution in [0.25, 0.3) is 49.9 Å². The van der Waals surface area contributed by atoms with E-state index in [-0.39, 0.29) is 33.3 Å². The molecule has 0 saturated heterocycles. The maximum atomic E-state index is 8.69. The van der Waals surface area contributed by atoms with Gasteiger partial charge in [-0.15, -0.1) is 0 Å². The highest BCUT2D eigenvalue weighted by Gasteiger charge is 2.30. The molecule has 0 saturated carbocycles. The summed E-state index contributed by atoms with van der Waals surface area (Å²) in [7, 11) is 0. The summed E-state index contributed by atoms with van der Waals surface area (Å²) in [6, 6.07) is 44.2. The number of hydrogen-bond acceptors (Lipinski definition) is 4.